The van der Waals surface area contributed by atoms with Crippen LogP contribution in [0.2, 0.25) is 0 Å². The fourth-order valence-corrected chi connectivity index (χ4v) is 6.98. The van der Waals surface area contributed by atoms with Gasteiger partial charge in [-0.15, -0.1) is 0 Å². The Hall–Kier alpha value is -3.38. The van der Waals surface area contributed by atoms with E-state index in [2.05, 4.69) is 20.6 Å². The molecule has 2 fully saturated rings. The second kappa shape index (κ2) is 11.1. The molecule has 9 nitrogen and oxygen atoms in total. The molecule has 41 heavy (non-hydrogen) atoms. The average Bonchev–Trinajstić information content (AvgIpc) is 3.75. The molecule has 1 aliphatic carbocycles. The van der Waals surface area contributed by atoms with Crippen molar-refractivity contribution in [3.8, 4) is 11.1 Å². The summed E-state index contributed by atoms with van der Waals surface area (Å²) in [6.45, 7) is 7.87. The molecule has 1 aliphatic heterocycles. The molecule has 1 saturated heterocycles. The van der Waals surface area contributed by atoms with E-state index in [0.717, 1.165) is 19.0 Å². The number of piperidine rings is 1. The topological polar surface area (TPSA) is 114 Å². The van der Waals surface area contributed by atoms with E-state index < -0.39 is 39.4 Å². The first-order valence-electron chi connectivity index (χ1n) is 13.8. The van der Waals surface area contributed by atoms with Gasteiger partial charge in [-0.3, -0.25) is 4.98 Å². The molecule has 1 atom stereocenters. The second-order valence-electron chi connectivity index (χ2n) is 11.7. The van der Waals surface area contributed by atoms with Crippen LogP contribution in [0.1, 0.15) is 65.0 Å². The molecule has 2 aliphatic rings. The number of pyridine rings is 2. The molecule has 2 aromatic heterocycles. The van der Waals surface area contributed by atoms with Gasteiger partial charge in [-0.25, -0.2) is 31.3 Å². The van der Waals surface area contributed by atoms with Gasteiger partial charge in [0.25, 0.3) is 0 Å². The summed E-state index contributed by atoms with van der Waals surface area (Å²) in [5, 5.41) is 6.25. The molecule has 5 rings (SSSR count). The van der Waals surface area contributed by atoms with E-state index in [0.29, 0.717) is 48.3 Å². The first-order valence-corrected chi connectivity index (χ1v) is 15.3. The molecule has 0 bridgehead atoms. The molecule has 3 heterocycles. The van der Waals surface area contributed by atoms with Crippen molar-refractivity contribution in [2.45, 2.75) is 76.3 Å². The van der Waals surface area contributed by atoms with Crippen LogP contribution in [0.4, 0.5) is 19.4 Å². The molecule has 3 aromatic rings. The lowest BCUT2D eigenvalue weighted by molar-refractivity contribution is 0.0508. The third kappa shape index (κ3) is 6.59. The highest BCUT2D eigenvalue weighted by Crippen LogP contribution is 2.34. The van der Waals surface area contributed by atoms with Crippen molar-refractivity contribution in [1.82, 2.24) is 19.6 Å². The van der Waals surface area contributed by atoms with Gasteiger partial charge in [0.1, 0.15) is 28.6 Å². The SMILES string of the molecule is CC(NC(=O)OC(C)(C)C)c1ccnc2c(F)cc(-c3cc(NC4CCN(S(=O)(=O)C5CC5)CC4)ncc3F)cc12. The Kier molecular flexibility index (Phi) is 7.90. The van der Waals surface area contributed by atoms with Crippen LogP contribution in [0.3, 0.4) is 0 Å². The van der Waals surface area contributed by atoms with Gasteiger partial charge < -0.3 is 15.4 Å². The number of alkyl carbamates (subject to hydrolysis) is 1. The Morgan fingerprint density at radius 3 is 2.44 bits per heavy atom. The Bertz CT molecular complexity index is 1570. The number of carbonyl (C=O) groups excluding carboxylic acids is 1. The van der Waals surface area contributed by atoms with Crippen molar-refractivity contribution in [1.29, 1.82) is 0 Å². The van der Waals surface area contributed by atoms with Crippen molar-refractivity contribution in [2.75, 3.05) is 18.4 Å². The number of amides is 1. The predicted octanol–water partition coefficient (Wildman–Crippen LogP) is 5.53. The molecule has 1 amide bonds. The standard InChI is InChI=1S/C29H35F2N5O4S/c1-17(34-28(37)40-29(2,3)4)21-7-10-32-27-23(21)13-18(14-24(27)30)22-15-26(33-16-25(22)31)35-19-8-11-36(12-9-19)41(38,39)20-5-6-20/h7,10,13-17,19-20H,5-6,8-9,11-12H2,1-4H3,(H,33,35)(H,34,37). The minimum absolute atomic E-state index is 0.0321. The van der Waals surface area contributed by atoms with E-state index >= 15 is 8.78 Å². The highest BCUT2D eigenvalue weighted by Gasteiger charge is 2.41. The third-order valence-corrected chi connectivity index (χ3v) is 9.71. The van der Waals surface area contributed by atoms with E-state index in [-0.39, 0.29) is 22.4 Å². The van der Waals surface area contributed by atoms with Gasteiger partial charge in [0.05, 0.1) is 17.5 Å². The summed E-state index contributed by atoms with van der Waals surface area (Å²) >= 11 is 0. The zero-order chi connectivity index (χ0) is 29.5. The number of nitrogens with zero attached hydrogens (tertiary/aromatic N) is 3. The monoisotopic (exact) mass is 587 g/mol. The fourth-order valence-electron chi connectivity index (χ4n) is 5.11. The second-order valence-corrected chi connectivity index (χ2v) is 13.9. The number of carbonyl (C=O) groups is 1. The minimum Gasteiger partial charge on any atom is -0.444 e. The van der Waals surface area contributed by atoms with Crippen LogP contribution in [-0.2, 0) is 14.8 Å². The third-order valence-electron chi connectivity index (χ3n) is 7.31. The molecular formula is C29H35F2N5O4S. The summed E-state index contributed by atoms with van der Waals surface area (Å²) in [6, 6.07) is 5.52. The van der Waals surface area contributed by atoms with Crippen molar-refractivity contribution in [2.24, 2.45) is 0 Å². The first-order chi connectivity index (χ1) is 19.3. The largest absolute Gasteiger partial charge is 0.444 e. The number of benzene rings is 1. The first kappa shape index (κ1) is 29.1. The number of rotatable bonds is 7. The van der Waals surface area contributed by atoms with Crippen LogP contribution in [0, 0.1) is 11.6 Å². The maximum atomic E-state index is 15.3. The summed E-state index contributed by atoms with van der Waals surface area (Å²) in [4.78, 5) is 20.7. The summed E-state index contributed by atoms with van der Waals surface area (Å²) in [5.41, 5.74) is 0.466. The molecule has 0 spiro atoms. The Labute approximate surface area is 238 Å². The summed E-state index contributed by atoms with van der Waals surface area (Å²) in [6.07, 6.45) is 4.60. The van der Waals surface area contributed by atoms with Crippen LogP contribution >= 0.6 is 0 Å². The smallest absolute Gasteiger partial charge is 0.408 e. The number of hydrogen-bond donors (Lipinski definition) is 2. The van der Waals surface area contributed by atoms with E-state index in [1.54, 1.807) is 44.1 Å². The van der Waals surface area contributed by atoms with E-state index in [1.807, 2.05) is 0 Å². The van der Waals surface area contributed by atoms with Crippen LogP contribution in [0.5, 0.6) is 0 Å². The van der Waals surface area contributed by atoms with Crippen molar-refractivity contribution >= 4 is 32.8 Å². The molecule has 12 heteroatoms. The van der Waals surface area contributed by atoms with Crippen LogP contribution in [-0.4, -0.2) is 58.8 Å². The fraction of sp³-hybridized carbons (Fsp3) is 0.483. The Balaban J connectivity index is 1.37. The van der Waals surface area contributed by atoms with E-state index in [4.69, 9.17) is 4.74 Å². The molecule has 1 saturated carbocycles. The zero-order valence-electron chi connectivity index (χ0n) is 23.6. The quantitative estimate of drug-likeness (QED) is 0.374. The predicted molar refractivity (Wildman–Crippen MR) is 153 cm³/mol. The lowest BCUT2D eigenvalue weighted by Gasteiger charge is -2.32. The van der Waals surface area contributed by atoms with Gasteiger partial charge >= 0.3 is 6.09 Å². The van der Waals surface area contributed by atoms with Crippen molar-refractivity contribution in [3.05, 3.63) is 53.9 Å². The lowest BCUT2D eigenvalue weighted by Crippen LogP contribution is -2.43. The Morgan fingerprint density at radius 2 is 1.78 bits per heavy atom. The normalized spacial score (nSPS) is 17.8. The summed E-state index contributed by atoms with van der Waals surface area (Å²) < 4.78 is 62.3. The molecule has 1 unspecified atom stereocenters. The maximum absolute atomic E-state index is 15.3. The van der Waals surface area contributed by atoms with Crippen LogP contribution < -0.4 is 10.6 Å². The van der Waals surface area contributed by atoms with Gasteiger partial charge in [0, 0.05) is 36.3 Å². The van der Waals surface area contributed by atoms with E-state index in [9.17, 15) is 13.2 Å². The summed E-state index contributed by atoms with van der Waals surface area (Å²) in [5.74, 6) is -0.833. The number of ether oxygens (including phenoxy) is 1. The van der Waals surface area contributed by atoms with Crippen LogP contribution in [0.25, 0.3) is 22.0 Å². The van der Waals surface area contributed by atoms with Gasteiger partial charge in [-0.2, -0.15) is 0 Å². The molecular weight excluding hydrogens is 552 g/mol. The highest BCUT2D eigenvalue weighted by atomic mass is 32.2. The number of aromatic nitrogens is 2. The van der Waals surface area contributed by atoms with E-state index in [1.165, 1.54) is 18.3 Å². The number of fused-ring (bicyclic) bond motifs is 1. The number of anilines is 1. The maximum Gasteiger partial charge on any atom is 0.408 e. The number of halogens is 2. The Morgan fingerprint density at radius 1 is 1.07 bits per heavy atom. The van der Waals surface area contributed by atoms with Gasteiger partial charge in [0.15, 0.2) is 0 Å². The molecule has 0 radical (unpaired) electrons. The highest BCUT2D eigenvalue weighted by molar-refractivity contribution is 7.90. The number of sulfonamides is 1. The minimum atomic E-state index is -3.21. The van der Waals surface area contributed by atoms with Crippen molar-refractivity contribution < 1.29 is 26.7 Å². The average molecular weight is 588 g/mol. The van der Waals surface area contributed by atoms with Gasteiger partial charge in [0.2, 0.25) is 10.0 Å². The number of hydrogen-bond acceptors (Lipinski definition) is 7. The summed E-state index contributed by atoms with van der Waals surface area (Å²) in [7, 11) is -3.21. The van der Waals surface area contributed by atoms with Gasteiger partial charge in [-0.05, 0) is 88.8 Å². The molecule has 1 aromatic carbocycles. The molecule has 220 valence electrons. The zero-order valence-corrected chi connectivity index (χ0v) is 24.4. The van der Waals surface area contributed by atoms with Crippen LogP contribution in [0.15, 0.2) is 36.7 Å². The molecule has 2 N–H and O–H groups in total. The lowest BCUT2D eigenvalue weighted by atomic mass is 9.98. The van der Waals surface area contributed by atoms with Gasteiger partial charge in [-0.1, -0.05) is 0 Å². The van der Waals surface area contributed by atoms with Crippen molar-refractivity contribution in [3.63, 3.8) is 0 Å². The number of nitrogens with one attached hydrogen (secondary N) is 2.